The first-order valence-corrected chi connectivity index (χ1v) is 21.9. The minimum Gasteiger partial charge on any atom is -0.341 e. The molecule has 0 saturated heterocycles. The molecule has 2 nitrogen and oxygen atoms in total. The van der Waals surface area contributed by atoms with Crippen LogP contribution < -0.4 is 9.80 Å². The first-order chi connectivity index (χ1) is 30.2. The Morgan fingerprint density at radius 3 is 1.18 bits per heavy atom. The summed E-state index contributed by atoms with van der Waals surface area (Å²) in [5, 5.41) is 0. The average Bonchev–Trinajstić information content (AvgIpc) is 3.63. The molecule has 0 atom stereocenters. The number of fused-ring (bicyclic) bond motifs is 5. The van der Waals surface area contributed by atoms with Crippen molar-refractivity contribution < 1.29 is 0 Å². The van der Waals surface area contributed by atoms with Crippen LogP contribution in [0.4, 0.5) is 22.7 Å². The summed E-state index contributed by atoms with van der Waals surface area (Å²) in [5.41, 5.74) is 20.1. The van der Waals surface area contributed by atoms with Gasteiger partial charge in [0.15, 0.2) is 0 Å². The van der Waals surface area contributed by atoms with Gasteiger partial charge in [-0.3, -0.25) is 0 Å². The second-order valence-electron chi connectivity index (χ2n) is 16.7. The van der Waals surface area contributed by atoms with Gasteiger partial charge < -0.3 is 9.80 Å². The van der Waals surface area contributed by atoms with E-state index >= 15 is 0 Å². The second kappa shape index (κ2) is 15.8. The fourth-order valence-corrected chi connectivity index (χ4v) is 10.3. The highest BCUT2D eigenvalue weighted by Crippen LogP contribution is 2.56. The molecule has 0 saturated carbocycles. The molecule has 11 rings (SSSR count). The number of hydrogen-bond acceptors (Lipinski definition) is 2. The zero-order chi connectivity index (χ0) is 40.6. The van der Waals surface area contributed by atoms with Crippen LogP contribution in [-0.2, 0) is 18.3 Å². The summed E-state index contributed by atoms with van der Waals surface area (Å²) in [6.45, 7) is 2.10. The molecule has 8 aromatic carbocycles. The minimum atomic E-state index is -0.486. The summed E-state index contributed by atoms with van der Waals surface area (Å²) in [6, 6.07) is 72.1. The number of hydrogen-bond donors (Lipinski definition) is 0. The van der Waals surface area contributed by atoms with Crippen molar-refractivity contribution in [3.05, 3.63) is 250 Å². The Balaban J connectivity index is 0.932. The summed E-state index contributed by atoms with van der Waals surface area (Å²) in [6.07, 6.45) is 13.7. The molecule has 0 amide bonds. The molecule has 2 aliphatic heterocycles. The summed E-state index contributed by atoms with van der Waals surface area (Å²) in [7, 11) is 0. The molecule has 61 heavy (non-hydrogen) atoms. The highest BCUT2D eigenvalue weighted by atomic mass is 15.1. The van der Waals surface area contributed by atoms with Crippen LogP contribution in [0.5, 0.6) is 0 Å². The van der Waals surface area contributed by atoms with Crippen molar-refractivity contribution in [1.82, 2.24) is 0 Å². The molecule has 294 valence electrons. The van der Waals surface area contributed by atoms with Crippen molar-refractivity contribution >= 4 is 47.1 Å². The second-order valence-corrected chi connectivity index (χ2v) is 16.7. The SMILES string of the molecule is C(=C\c1ccc2c(c1)C(c1ccccc1)(c1ccccc1)c1cc(/C=C/c3ccc(N4CCCc5ccccc54)cc3)ccc1-2)/c1ccc(N2CCCc3ccccc32)cc1. The van der Waals surface area contributed by atoms with Crippen LogP contribution in [0.1, 0.15) is 68.5 Å². The predicted molar refractivity (Wildman–Crippen MR) is 258 cm³/mol. The lowest BCUT2D eigenvalue weighted by atomic mass is 9.67. The highest BCUT2D eigenvalue weighted by molar-refractivity contribution is 5.89. The van der Waals surface area contributed by atoms with Crippen LogP contribution in [0.25, 0.3) is 35.4 Å². The topological polar surface area (TPSA) is 6.48 Å². The van der Waals surface area contributed by atoms with Gasteiger partial charge in [-0.15, -0.1) is 0 Å². The van der Waals surface area contributed by atoms with Crippen molar-refractivity contribution in [3.63, 3.8) is 0 Å². The van der Waals surface area contributed by atoms with Gasteiger partial charge in [0, 0.05) is 35.8 Å². The molecule has 0 radical (unpaired) electrons. The first-order valence-electron chi connectivity index (χ1n) is 21.9. The molecule has 0 spiro atoms. The summed E-state index contributed by atoms with van der Waals surface area (Å²) < 4.78 is 0. The number of anilines is 4. The molecule has 0 fully saturated rings. The number of para-hydroxylation sites is 2. The van der Waals surface area contributed by atoms with E-state index in [0.29, 0.717) is 0 Å². The van der Waals surface area contributed by atoms with Gasteiger partial charge in [0.1, 0.15) is 0 Å². The van der Waals surface area contributed by atoms with E-state index in [4.69, 9.17) is 0 Å². The molecule has 2 heteroatoms. The lowest BCUT2D eigenvalue weighted by molar-refractivity contribution is 0.767. The largest absolute Gasteiger partial charge is 0.341 e. The van der Waals surface area contributed by atoms with E-state index in [1.54, 1.807) is 0 Å². The zero-order valence-electron chi connectivity index (χ0n) is 34.4. The molecule has 8 aromatic rings. The van der Waals surface area contributed by atoms with E-state index < -0.39 is 5.41 Å². The normalized spacial score (nSPS) is 15.1. The van der Waals surface area contributed by atoms with Crippen LogP contribution in [0, 0.1) is 0 Å². The molecule has 1 aliphatic carbocycles. The van der Waals surface area contributed by atoms with Crippen LogP contribution in [-0.4, -0.2) is 13.1 Å². The maximum Gasteiger partial charge on any atom is 0.0713 e. The Hall–Kier alpha value is -7.16. The van der Waals surface area contributed by atoms with Crippen LogP contribution in [0.2, 0.25) is 0 Å². The summed E-state index contributed by atoms with van der Waals surface area (Å²) in [5.74, 6) is 0. The maximum absolute atomic E-state index is 2.46. The first kappa shape index (κ1) is 36.9. The van der Waals surface area contributed by atoms with Gasteiger partial charge in [-0.25, -0.2) is 0 Å². The van der Waals surface area contributed by atoms with E-state index in [0.717, 1.165) is 25.9 Å². The lowest BCUT2D eigenvalue weighted by Gasteiger charge is -2.34. The minimum absolute atomic E-state index is 0.486. The van der Waals surface area contributed by atoms with Crippen LogP contribution in [0.15, 0.2) is 194 Å². The third-order valence-corrected chi connectivity index (χ3v) is 13.2. The fraction of sp³-hybridized carbons (Fsp3) is 0.119. The Kier molecular flexibility index (Phi) is 9.55. The van der Waals surface area contributed by atoms with Gasteiger partial charge >= 0.3 is 0 Å². The van der Waals surface area contributed by atoms with E-state index in [2.05, 4.69) is 228 Å². The van der Waals surface area contributed by atoms with E-state index in [9.17, 15) is 0 Å². The van der Waals surface area contributed by atoms with Crippen LogP contribution in [0.3, 0.4) is 0 Å². The van der Waals surface area contributed by atoms with Gasteiger partial charge in [0.2, 0.25) is 0 Å². The molecule has 0 aromatic heterocycles. The molecule has 3 aliphatic rings. The maximum atomic E-state index is 2.46. The Labute approximate surface area is 360 Å². The van der Waals surface area contributed by atoms with Crippen molar-refractivity contribution in [1.29, 1.82) is 0 Å². The van der Waals surface area contributed by atoms with E-state index in [1.165, 1.54) is 102 Å². The van der Waals surface area contributed by atoms with Gasteiger partial charge in [-0.05, 0) is 141 Å². The smallest absolute Gasteiger partial charge is 0.0713 e. The summed E-state index contributed by atoms with van der Waals surface area (Å²) in [4.78, 5) is 4.93. The lowest BCUT2D eigenvalue weighted by Crippen LogP contribution is -2.28. The quantitative estimate of drug-likeness (QED) is 0.142. The monoisotopic (exact) mass is 784 g/mol. The Morgan fingerprint density at radius 1 is 0.361 bits per heavy atom. The predicted octanol–water partition coefficient (Wildman–Crippen LogP) is 14.6. The highest BCUT2D eigenvalue weighted by Gasteiger charge is 2.46. The van der Waals surface area contributed by atoms with Crippen molar-refractivity contribution in [2.45, 2.75) is 31.1 Å². The molecule has 0 N–H and O–H groups in total. The average molecular weight is 785 g/mol. The molecule has 0 unspecified atom stereocenters. The van der Waals surface area contributed by atoms with Gasteiger partial charge in [0.25, 0.3) is 0 Å². The third-order valence-electron chi connectivity index (χ3n) is 13.2. The van der Waals surface area contributed by atoms with Gasteiger partial charge in [-0.2, -0.15) is 0 Å². The van der Waals surface area contributed by atoms with E-state index in [-0.39, 0.29) is 0 Å². The summed E-state index contributed by atoms with van der Waals surface area (Å²) >= 11 is 0. The van der Waals surface area contributed by atoms with Gasteiger partial charge in [-0.1, -0.05) is 170 Å². The van der Waals surface area contributed by atoms with Gasteiger partial charge in [0.05, 0.1) is 5.41 Å². The number of aryl methyl sites for hydroxylation is 2. The number of rotatable bonds is 8. The number of benzene rings is 8. The molecule has 2 heterocycles. The zero-order valence-corrected chi connectivity index (χ0v) is 34.4. The third kappa shape index (κ3) is 6.69. The molecule has 0 bridgehead atoms. The Morgan fingerprint density at radius 2 is 0.738 bits per heavy atom. The standard InChI is InChI=1S/C59H48N2/c1-3-17-49(18-4-1)59(50-19-5-2-6-20-50)55-41-45(25-23-43-27-33-51(34-28-43)60-39-11-15-47-13-7-9-21-57(47)60)31-37-53(55)54-38-32-46(42-56(54)59)26-24-44-29-35-52(36-30-44)61-40-12-16-48-14-8-10-22-58(48)61/h1-10,13-14,17-38,41-42H,11-12,15-16,39-40H2/b25-23+,26-24+. The van der Waals surface area contributed by atoms with Crippen LogP contribution >= 0.6 is 0 Å². The van der Waals surface area contributed by atoms with Crippen molar-refractivity contribution in [2.75, 3.05) is 22.9 Å². The van der Waals surface area contributed by atoms with Crippen molar-refractivity contribution in [2.24, 2.45) is 0 Å². The molecular formula is C59H48N2. The van der Waals surface area contributed by atoms with Crippen molar-refractivity contribution in [3.8, 4) is 11.1 Å². The fourth-order valence-electron chi connectivity index (χ4n) is 10.3. The van der Waals surface area contributed by atoms with E-state index in [1.807, 2.05) is 0 Å². The number of nitrogens with zero attached hydrogens (tertiary/aromatic N) is 2. The Bertz CT molecular complexity index is 2700. The molecular weight excluding hydrogens is 737 g/mol.